The molecule has 0 aliphatic heterocycles. The second-order valence-electron chi connectivity index (χ2n) is 5.57. The molecule has 1 atom stereocenters. The van der Waals surface area contributed by atoms with Gasteiger partial charge in [0.1, 0.15) is 17.2 Å². The Labute approximate surface area is 151 Å². The van der Waals surface area contributed by atoms with Crippen LogP contribution in [-0.4, -0.2) is 29.8 Å². The van der Waals surface area contributed by atoms with Crippen molar-refractivity contribution in [2.24, 2.45) is 0 Å². The van der Waals surface area contributed by atoms with Crippen LogP contribution in [0.5, 0.6) is 17.2 Å². The van der Waals surface area contributed by atoms with Crippen molar-refractivity contribution < 1.29 is 14.6 Å². The highest BCUT2D eigenvalue weighted by Crippen LogP contribution is 2.31. The third-order valence-corrected chi connectivity index (χ3v) is 4.35. The molecule has 0 bridgehead atoms. The van der Waals surface area contributed by atoms with Crippen LogP contribution in [0.15, 0.2) is 59.6 Å². The Hall–Kier alpha value is -2.28. The number of aromatic nitrogens is 1. The Kier molecular flexibility index (Phi) is 5.75. The molecule has 0 aliphatic carbocycles. The minimum Gasteiger partial charge on any atom is -0.497 e. The lowest BCUT2D eigenvalue weighted by Gasteiger charge is -2.10. The van der Waals surface area contributed by atoms with Gasteiger partial charge in [-0.2, -0.15) is 0 Å². The molecular weight excluding hydrogens is 336 g/mol. The number of benzene rings is 2. The van der Waals surface area contributed by atoms with Gasteiger partial charge in [-0.1, -0.05) is 0 Å². The van der Waals surface area contributed by atoms with Gasteiger partial charge < -0.3 is 14.6 Å². The Morgan fingerprint density at radius 3 is 2.60 bits per heavy atom. The van der Waals surface area contributed by atoms with Crippen molar-refractivity contribution in [3.8, 4) is 17.2 Å². The molecule has 0 saturated heterocycles. The predicted octanol–water partition coefficient (Wildman–Crippen LogP) is 4.01. The summed E-state index contributed by atoms with van der Waals surface area (Å²) in [5, 5.41) is 10.2. The first kappa shape index (κ1) is 17.5. The summed E-state index contributed by atoms with van der Waals surface area (Å²) in [6.07, 6.45) is 1.36. The number of nitrogens with one attached hydrogen (secondary N) is 1. The van der Waals surface area contributed by atoms with Gasteiger partial charge in [-0.3, -0.25) is 9.71 Å². The molecule has 1 unspecified atom stereocenters. The van der Waals surface area contributed by atoms with E-state index in [4.69, 9.17) is 9.47 Å². The van der Waals surface area contributed by atoms with Crippen molar-refractivity contribution >= 4 is 22.9 Å². The van der Waals surface area contributed by atoms with Gasteiger partial charge >= 0.3 is 0 Å². The lowest BCUT2D eigenvalue weighted by Crippen LogP contribution is -2.18. The molecule has 5 nitrogen and oxygen atoms in total. The van der Waals surface area contributed by atoms with Crippen molar-refractivity contribution in [1.82, 2.24) is 9.71 Å². The summed E-state index contributed by atoms with van der Waals surface area (Å²) in [7, 11) is 1.64. The summed E-state index contributed by atoms with van der Waals surface area (Å²) in [5.41, 5.74) is 0.825. The minimum absolute atomic E-state index is 0.367. The second kappa shape index (κ2) is 8.20. The van der Waals surface area contributed by atoms with Crippen molar-refractivity contribution in [2.75, 3.05) is 13.7 Å². The van der Waals surface area contributed by atoms with Crippen LogP contribution in [0.1, 0.15) is 6.92 Å². The molecule has 2 N–H and O–H groups in total. The van der Waals surface area contributed by atoms with Crippen molar-refractivity contribution in [3.05, 3.63) is 54.7 Å². The molecule has 0 aliphatic rings. The standard InChI is InChI=1S/C19H20N2O3S/c1-13(22)12-21-25-16-6-3-14(4-7-16)24-19-9-10-20-18-11-15(23-2)5-8-17(18)19/h3-11,13,21-22H,12H2,1-2H3. The molecule has 6 heteroatoms. The van der Waals surface area contributed by atoms with Gasteiger partial charge in [0.15, 0.2) is 0 Å². The molecule has 0 radical (unpaired) electrons. The molecule has 0 spiro atoms. The monoisotopic (exact) mass is 356 g/mol. The van der Waals surface area contributed by atoms with E-state index in [9.17, 15) is 5.11 Å². The highest BCUT2D eigenvalue weighted by molar-refractivity contribution is 7.97. The fourth-order valence-corrected chi connectivity index (χ4v) is 3.03. The van der Waals surface area contributed by atoms with E-state index in [1.54, 1.807) is 20.2 Å². The normalized spacial score (nSPS) is 12.1. The maximum atomic E-state index is 9.25. The SMILES string of the molecule is COc1ccc2c(Oc3ccc(SNCC(C)O)cc3)ccnc2c1. The van der Waals surface area contributed by atoms with Crippen molar-refractivity contribution in [3.63, 3.8) is 0 Å². The van der Waals surface area contributed by atoms with Crippen LogP contribution in [0.25, 0.3) is 10.9 Å². The number of nitrogens with zero attached hydrogens (tertiary/aromatic N) is 1. The molecule has 3 rings (SSSR count). The molecular formula is C19H20N2O3S. The topological polar surface area (TPSA) is 63.6 Å². The summed E-state index contributed by atoms with van der Waals surface area (Å²) >= 11 is 1.48. The van der Waals surface area contributed by atoms with E-state index in [0.717, 1.165) is 33.0 Å². The van der Waals surface area contributed by atoms with Gasteiger partial charge in [0.2, 0.25) is 0 Å². The van der Waals surface area contributed by atoms with Gasteiger partial charge in [0.25, 0.3) is 0 Å². The van der Waals surface area contributed by atoms with E-state index >= 15 is 0 Å². The zero-order valence-corrected chi connectivity index (χ0v) is 14.9. The summed E-state index contributed by atoms with van der Waals surface area (Å²) in [4.78, 5) is 5.42. The summed E-state index contributed by atoms with van der Waals surface area (Å²) in [6.45, 7) is 2.29. The number of ether oxygens (including phenoxy) is 2. The number of pyridine rings is 1. The van der Waals surface area contributed by atoms with Crippen LogP contribution in [0.3, 0.4) is 0 Å². The van der Waals surface area contributed by atoms with Gasteiger partial charge in [-0.15, -0.1) is 0 Å². The number of hydrogen-bond acceptors (Lipinski definition) is 6. The average Bonchev–Trinajstić information content (AvgIpc) is 2.62. The number of hydrogen-bond donors (Lipinski definition) is 2. The minimum atomic E-state index is -0.367. The van der Waals surface area contributed by atoms with Crippen LogP contribution in [-0.2, 0) is 0 Å². The van der Waals surface area contributed by atoms with Crippen LogP contribution in [0.4, 0.5) is 0 Å². The number of fused-ring (bicyclic) bond motifs is 1. The van der Waals surface area contributed by atoms with E-state index in [1.165, 1.54) is 11.9 Å². The lowest BCUT2D eigenvalue weighted by atomic mass is 10.2. The third kappa shape index (κ3) is 4.63. The van der Waals surface area contributed by atoms with Gasteiger partial charge in [0.05, 0.1) is 18.7 Å². The molecule has 0 fully saturated rings. The van der Waals surface area contributed by atoms with E-state index in [1.807, 2.05) is 48.5 Å². The highest BCUT2D eigenvalue weighted by atomic mass is 32.2. The summed E-state index contributed by atoms with van der Waals surface area (Å²) in [6, 6.07) is 15.4. The van der Waals surface area contributed by atoms with Crippen molar-refractivity contribution in [1.29, 1.82) is 0 Å². The van der Waals surface area contributed by atoms with Crippen LogP contribution in [0.2, 0.25) is 0 Å². The Balaban J connectivity index is 1.73. The third-order valence-electron chi connectivity index (χ3n) is 3.53. The zero-order valence-electron chi connectivity index (χ0n) is 14.1. The molecule has 0 amide bonds. The highest BCUT2D eigenvalue weighted by Gasteiger charge is 2.06. The largest absolute Gasteiger partial charge is 0.497 e. The number of aliphatic hydroxyl groups is 1. The quantitative estimate of drug-likeness (QED) is 0.624. The Morgan fingerprint density at radius 2 is 1.88 bits per heavy atom. The summed E-state index contributed by atoms with van der Waals surface area (Å²) in [5.74, 6) is 2.27. The fraction of sp³-hybridized carbons (Fsp3) is 0.211. The zero-order chi connectivity index (χ0) is 17.6. The van der Waals surface area contributed by atoms with E-state index < -0.39 is 0 Å². The predicted molar refractivity (Wildman–Crippen MR) is 100 cm³/mol. The smallest absolute Gasteiger partial charge is 0.138 e. The van der Waals surface area contributed by atoms with Crippen LogP contribution < -0.4 is 14.2 Å². The molecule has 1 aromatic heterocycles. The van der Waals surface area contributed by atoms with Gasteiger partial charge in [-0.25, -0.2) is 0 Å². The lowest BCUT2D eigenvalue weighted by molar-refractivity contribution is 0.200. The first-order valence-electron chi connectivity index (χ1n) is 7.94. The number of methoxy groups -OCH3 is 1. The number of rotatable bonds is 7. The molecule has 3 aromatic rings. The van der Waals surface area contributed by atoms with E-state index in [-0.39, 0.29) is 6.10 Å². The van der Waals surface area contributed by atoms with Crippen LogP contribution >= 0.6 is 11.9 Å². The van der Waals surface area contributed by atoms with Crippen LogP contribution in [0, 0.1) is 0 Å². The Bertz CT molecular complexity index is 838. The second-order valence-corrected chi connectivity index (χ2v) is 6.53. The maximum absolute atomic E-state index is 9.25. The average molecular weight is 356 g/mol. The van der Waals surface area contributed by atoms with Crippen molar-refractivity contribution in [2.45, 2.75) is 17.9 Å². The van der Waals surface area contributed by atoms with E-state index in [0.29, 0.717) is 6.54 Å². The molecule has 130 valence electrons. The Morgan fingerprint density at radius 1 is 1.12 bits per heavy atom. The fourth-order valence-electron chi connectivity index (χ4n) is 2.27. The maximum Gasteiger partial charge on any atom is 0.138 e. The molecule has 0 saturated carbocycles. The molecule has 2 aromatic carbocycles. The number of aliphatic hydroxyl groups excluding tert-OH is 1. The summed E-state index contributed by atoms with van der Waals surface area (Å²) < 4.78 is 14.4. The first-order chi connectivity index (χ1) is 12.2. The van der Waals surface area contributed by atoms with Gasteiger partial charge in [0, 0.05) is 29.1 Å². The first-order valence-corrected chi connectivity index (χ1v) is 8.76. The molecule has 1 heterocycles. The molecule has 25 heavy (non-hydrogen) atoms. The van der Waals surface area contributed by atoms with Gasteiger partial charge in [-0.05, 0) is 61.3 Å². The van der Waals surface area contributed by atoms with E-state index in [2.05, 4.69) is 9.71 Å².